The van der Waals surface area contributed by atoms with Crippen molar-refractivity contribution in [1.82, 2.24) is 8.01 Å². The summed E-state index contributed by atoms with van der Waals surface area (Å²) in [5.41, 5.74) is 0. The summed E-state index contributed by atoms with van der Waals surface area (Å²) in [6, 6.07) is 0.839. The Morgan fingerprint density at radius 3 is 2.24 bits per heavy atom. The molecule has 0 radical (unpaired) electrons. The van der Waals surface area contributed by atoms with Gasteiger partial charge in [0.2, 0.25) is 0 Å². The Bertz CT molecular complexity index is 215. The first-order valence-corrected chi connectivity index (χ1v) is 9.11. The lowest BCUT2D eigenvalue weighted by molar-refractivity contribution is 0.000703. The Balaban J connectivity index is 1.68. The maximum Gasteiger partial charge on any atom is 0.0599 e. The van der Waals surface area contributed by atoms with Crippen LogP contribution in [0.3, 0.4) is 0 Å². The molecule has 100 valence electrons. The van der Waals surface area contributed by atoms with Gasteiger partial charge in [0.25, 0.3) is 0 Å². The summed E-state index contributed by atoms with van der Waals surface area (Å²) in [6.45, 7) is 5.95. The van der Waals surface area contributed by atoms with Gasteiger partial charge in [-0.2, -0.15) is 0 Å². The number of alkyl halides is 1. The van der Waals surface area contributed by atoms with E-state index in [1.165, 1.54) is 51.9 Å². The Labute approximate surface area is 132 Å². The summed E-state index contributed by atoms with van der Waals surface area (Å²) in [5.74, 6) is 0. The number of rotatable bonds is 4. The van der Waals surface area contributed by atoms with E-state index in [-0.39, 0.29) is 0 Å². The number of hydrogen-bond acceptors (Lipinski definition) is 3. The first-order chi connectivity index (χ1) is 8.29. The fourth-order valence-electron chi connectivity index (χ4n) is 2.82. The standard InChI is InChI=1S/C12H22I2N2O/c13-5-10-17-12-3-6-15(7-4-12)11-1-8-16(14)9-2-11/h11-12H,1-10H2. The quantitative estimate of drug-likeness (QED) is 0.362. The Morgan fingerprint density at radius 2 is 1.65 bits per heavy atom. The lowest BCUT2D eigenvalue weighted by Crippen LogP contribution is -2.47. The van der Waals surface area contributed by atoms with Crippen molar-refractivity contribution in [2.75, 3.05) is 37.2 Å². The average molecular weight is 464 g/mol. The monoisotopic (exact) mass is 464 g/mol. The summed E-state index contributed by atoms with van der Waals surface area (Å²) < 4.78 is 9.38. The van der Waals surface area contributed by atoms with Gasteiger partial charge in [0, 0.05) is 59.5 Å². The molecule has 0 aromatic rings. The van der Waals surface area contributed by atoms with Crippen molar-refractivity contribution in [3.8, 4) is 0 Å². The van der Waals surface area contributed by atoms with Crippen LogP contribution in [0.15, 0.2) is 0 Å². The van der Waals surface area contributed by atoms with Gasteiger partial charge in [0.15, 0.2) is 0 Å². The summed E-state index contributed by atoms with van der Waals surface area (Å²) in [4.78, 5) is 2.70. The average Bonchev–Trinajstić information content (AvgIpc) is 2.38. The number of hydrogen-bond donors (Lipinski definition) is 0. The Morgan fingerprint density at radius 1 is 1.00 bits per heavy atom. The maximum absolute atomic E-state index is 5.84. The molecule has 0 aliphatic carbocycles. The summed E-state index contributed by atoms with van der Waals surface area (Å²) >= 11 is 4.83. The molecule has 0 unspecified atom stereocenters. The summed E-state index contributed by atoms with van der Waals surface area (Å²) in [5, 5.41) is 0. The predicted octanol–water partition coefficient (Wildman–Crippen LogP) is 2.72. The molecule has 2 aliphatic heterocycles. The molecule has 0 spiro atoms. The van der Waals surface area contributed by atoms with E-state index >= 15 is 0 Å². The smallest absolute Gasteiger partial charge is 0.0599 e. The van der Waals surface area contributed by atoms with Crippen molar-refractivity contribution >= 4 is 45.5 Å². The minimum Gasteiger partial charge on any atom is -0.377 e. The van der Waals surface area contributed by atoms with Gasteiger partial charge >= 0.3 is 0 Å². The minimum atomic E-state index is 0.533. The van der Waals surface area contributed by atoms with Gasteiger partial charge in [0.1, 0.15) is 0 Å². The van der Waals surface area contributed by atoms with E-state index < -0.39 is 0 Å². The van der Waals surface area contributed by atoms with Crippen molar-refractivity contribution < 1.29 is 4.74 Å². The van der Waals surface area contributed by atoms with E-state index in [9.17, 15) is 0 Å². The Kier molecular flexibility index (Phi) is 6.78. The maximum atomic E-state index is 5.84. The van der Waals surface area contributed by atoms with Gasteiger partial charge in [-0.3, -0.25) is 0 Å². The van der Waals surface area contributed by atoms with Crippen LogP contribution in [0.4, 0.5) is 0 Å². The van der Waals surface area contributed by atoms with Gasteiger partial charge in [-0.1, -0.05) is 22.6 Å². The van der Waals surface area contributed by atoms with E-state index in [0.717, 1.165) is 17.1 Å². The summed E-state index contributed by atoms with van der Waals surface area (Å²) in [7, 11) is 0. The second-order valence-electron chi connectivity index (χ2n) is 4.94. The van der Waals surface area contributed by atoms with Gasteiger partial charge < -0.3 is 9.64 Å². The van der Waals surface area contributed by atoms with Crippen LogP contribution in [0.1, 0.15) is 25.7 Å². The molecule has 5 heteroatoms. The predicted molar refractivity (Wildman–Crippen MR) is 88.0 cm³/mol. The molecule has 0 aromatic heterocycles. The van der Waals surface area contributed by atoms with E-state index in [1.807, 2.05) is 0 Å². The van der Waals surface area contributed by atoms with Crippen LogP contribution in [0, 0.1) is 0 Å². The minimum absolute atomic E-state index is 0.533. The van der Waals surface area contributed by atoms with E-state index in [2.05, 4.69) is 53.5 Å². The lowest BCUT2D eigenvalue weighted by atomic mass is 10.00. The molecule has 2 fully saturated rings. The number of likely N-dealkylation sites (tertiary alicyclic amines) is 1. The molecular weight excluding hydrogens is 442 g/mol. The van der Waals surface area contributed by atoms with Crippen molar-refractivity contribution in [1.29, 1.82) is 0 Å². The molecular formula is C12H22I2N2O. The molecule has 0 N–H and O–H groups in total. The van der Waals surface area contributed by atoms with Crippen molar-refractivity contribution in [3.63, 3.8) is 0 Å². The van der Waals surface area contributed by atoms with Gasteiger partial charge in [0.05, 0.1) is 12.7 Å². The molecule has 17 heavy (non-hydrogen) atoms. The SMILES string of the molecule is ICCOC1CCN(C2CCN(I)CC2)CC1. The highest BCUT2D eigenvalue weighted by Crippen LogP contribution is 2.23. The molecule has 0 saturated carbocycles. The largest absolute Gasteiger partial charge is 0.377 e. The molecule has 0 atom stereocenters. The zero-order valence-electron chi connectivity index (χ0n) is 10.3. The highest BCUT2D eigenvalue weighted by Gasteiger charge is 2.27. The van der Waals surface area contributed by atoms with Gasteiger partial charge in [-0.25, -0.2) is 3.11 Å². The topological polar surface area (TPSA) is 15.7 Å². The molecule has 0 aromatic carbocycles. The number of halogens is 2. The molecule has 2 rings (SSSR count). The second-order valence-corrected chi connectivity index (χ2v) is 7.38. The van der Waals surface area contributed by atoms with E-state index in [1.54, 1.807) is 0 Å². The van der Waals surface area contributed by atoms with Crippen LogP contribution < -0.4 is 0 Å². The van der Waals surface area contributed by atoms with E-state index in [0.29, 0.717) is 6.10 Å². The third-order valence-electron chi connectivity index (χ3n) is 3.83. The normalized spacial score (nSPS) is 26.5. The first kappa shape index (κ1) is 14.7. The summed E-state index contributed by atoms with van der Waals surface area (Å²) in [6.07, 6.45) is 5.71. The fourth-order valence-corrected chi connectivity index (χ4v) is 3.63. The molecule has 3 nitrogen and oxygen atoms in total. The molecule has 0 amide bonds. The zero-order chi connectivity index (χ0) is 12.1. The fraction of sp³-hybridized carbons (Fsp3) is 1.00. The third-order valence-corrected chi connectivity index (χ3v) is 5.24. The van der Waals surface area contributed by atoms with Crippen molar-refractivity contribution in [2.24, 2.45) is 0 Å². The van der Waals surface area contributed by atoms with Crippen molar-refractivity contribution in [2.45, 2.75) is 37.8 Å². The molecule has 2 heterocycles. The van der Waals surface area contributed by atoms with Crippen LogP contribution in [-0.4, -0.2) is 57.4 Å². The van der Waals surface area contributed by atoms with Crippen LogP contribution in [0.2, 0.25) is 0 Å². The highest BCUT2D eigenvalue weighted by molar-refractivity contribution is 14.1. The number of piperidine rings is 2. The van der Waals surface area contributed by atoms with Gasteiger partial charge in [-0.05, 0) is 25.7 Å². The van der Waals surface area contributed by atoms with E-state index in [4.69, 9.17) is 4.74 Å². The molecule has 0 bridgehead atoms. The van der Waals surface area contributed by atoms with Crippen LogP contribution in [0.25, 0.3) is 0 Å². The number of nitrogens with zero attached hydrogens (tertiary/aromatic N) is 2. The Hall–Kier alpha value is 1.34. The lowest BCUT2D eigenvalue weighted by Gasteiger charge is -2.40. The van der Waals surface area contributed by atoms with Crippen LogP contribution in [-0.2, 0) is 4.74 Å². The third kappa shape index (κ3) is 4.74. The van der Waals surface area contributed by atoms with Crippen LogP contribution in [0.5, 0.6) is 0 Å². The highest BCUT2D eigenvalue weighted by atomic mass is 127. The molecule has 2 aliphatic rings. The second kappa shape index (κ2) is 7.81. The van der Waals surface area contributed by atoms with Crippen molar-refractivity contribution in [3.05, 3.63) is 0 Å². The first-order valence-electron chi connectivity index (χ1n) is 6.62. The van der Waals surface area contributed by atoms with Crippen LogP contribution >= 0.6 is 45.5 Å². The molecule has 2 saturated heterocycles. The zero-order valence-corrected chi connectivity index (χ0v) is 14.6. The number of ether oxygens (including phenoxy) is 1. The van der Waals surface area contributed by atoms with Gasteiger partial charge in [-0.15, -0.1) is 0 Å².